The molecule has 0 aliphatic carbocycles. The van der Waals surface area contributed by atoms with Crippen molar-refractivity contribution in [2.24, 2.45) is 0 Å². The topological polar surface area (TPSA) is 59.4 Å². The van der Waals surface area contributed by atoms with Gasteiger partial charge < -0.3 is 10.1 Å². The van der Waals surface area contributed by atoms with Crippen molar-refractivity contribution in [1.29, 1.82) is 0 Å². The van der Waals surface area contributed by atoms with E-state index in [1.807, 2.05) is 37.3 Å². The van der Waals surface area contributed by atoms with E-state index in [0.717, 1.165) is 65.1 Å². The van der Waals surface area contributed by atoms with Gasteiger partial charge in [-0.05, 0) is 66.1 Å². The summed E-state index contributed by atoms with van der Waals surface area (Å²) in [4.78, 5) is 19.8. The summed E-state index contributed by atoms with van der Waals surface area (Å²) in [7, 11) is 0. The van der Waals surface area contributed by atoms with Gasteiger partial charge in [-0.1, -0.05) is 35.9 Å². The molecule has 4 aromatic rings. The van der Waals surface area contributed by atoms with Crippen LogP contribution in [-0.2, 0) is 19.5 Å². The molecule has 2 aromatic carbocycles. The van der Waals surface area contributed by atoms with Gasteiger partial charge in [0.15, 0.2) is 0 Å². The van der Waals surface area contributed by atoms with Gasteiger partial charge in [-0.15, -0.1) is 0 Å². The number of pyridine rings is 1. The number of halogens is 2. The molecule has 1 N–H and O–H groups in total. The molecule has 2 aromatic heterocycles. The summed E-state index contributed by atoms with van der Waals surface area (Å²) in [6, 6.07) is 15.8. The molecule has 0 saturated carbocycles. The average Bonchev–Trinajstić information content (AvgIpc) is 3.22. The first kappa shape index (κ1) is 25.0. The Hall–Kier alpha value is -3.68. The van der Waals surface area contributed by atoms with Crippen molar-refractivity contribution in [1.82, 2.24) is 19.8 Å². The molecule has 5 rings (SSSR count). The van der Waals surface area contributed by atoms with Crippen molar-refractivity contribution in [3.8, 4) is 5.75 Å². The molecule has 1 aliphatic heterocycles. The first-order valence-electron chi connectivity index (χ1n) is 12.3. The summed E-state index contributed by atoms with van der Waals surface area (Å²) in [5.74, 6) is 0.548. The molecular formula is C29H28ClFN4O2. The minimum absolute atomic E-state index is 0.173. The summed E-state index contributed by atoms with van der Waals surface area (Å²) >= 11 is 6.00. The zero-order chi connectivity index (χ0) is 25.8. The van der Waals surface area contributed by atoms with Crippen molar-refractivity contribution in [2.75, 3.05) is 19.7 Å². The smallest absolute Gasteiger partial charge is 0.326 e. The van der Waals surface area contributed by atoms with E-state index in [-0.39, 0.29) is 11.8 Å². The third-order valence-corrected chi connectivity index (χ3v) is 6.70. The molecule has 0 bridgehead atoms. The molecule has 6 nitrogen and oxygen atoms in total. The van der Waals surface area contributed by atoms with Gasteiger partial charge in [0, 0.05) is 49.9 Å². The second-order valence-electron chi connectivity index (χ2n) is 8.96. The standard InChI is InChI=1S/C29H28ClFN4O2/c1-2-37-23-9-10-26-24(17-23)25-19-34(14-3-4-20-5-7-22(31)8-6-20)15-12-27(25)35(26)29(36)33-18-21-11-13-32-28(30)16-21/h3-11,13,16-17H,2,12,14-15,18-19H2,1H3,(H,33,36). The number of fused-ring (bicyclic) bond motifs is 3. The molecule has 3 heterocycles. The monoisotopic (exact) mass is 518 g/mol. The highest BCUT2D eigenvalue weighted by Crippen LogP contribution is 2.33. The van der Waals surface area contributed by atoms with Crippen molar-refractivity contribution in [3.63, 3.8) is 0 Å². The first-order chi connectivity index (χ1) is 18.0. The van der Waals surface area contributed by atoms with Crippen LogP contribution < -0.4 is 10.1 Å². The van der Waals surface area contributed by atoms with E-state index in [0.29, 0.717) is 18.3 Å². The molecule has 0 atom stereocenters. The van der Waals surface area contributed by atoms with Crippen LogP contribution in [0.2, 0.25) is 5.15 Å². The highest BCUT2D eigenvalue weighted by molar-refractivity contribution is 6.29. The number of carbonyl (C=O) groups is 1. The Kier molecular flexibility index (Phi) is 7.53. The van der Waals surface area contributed by atoms with Crippen molar-refractivity contribution in [2.45, 2.75) is 26.4 Å². The number of hydrogen-bond acceptors (Lipinski definition) is 4. The molecule has 0 spiro atoms. The highest BCUT2D eigenvalue weighted by Gasteiger charge is 2.26. The zero-order valence-electron chi connectivity index (χ0n) is 20.6. The van der Waals surface area contributed by atoms with E-state index in [1.54, 1.807) is 29.0 Å². The first-order valence-corrected chi connectivity index (χ1v) is 12.7. The molecule has 190 valence electrons. The molecule has 0 radical (unpaired) electrons. The fourth-order valence-corrected chi connectivity index (χ4v) is 4.96. The maximum atomic E-state index is 13.4. The Morgan fingerprint density at radius 1 is 1.19 bits per heavy atom. The van der Waals surface area contributed by atoms with Gasteiger partial charge in [-0.2, -0.15) is 0 Å². The quantitative estimate of drug-likeness (QED) is 0.302. The number of amides is 1. The van der Waals surface area contributed by atoms with Crippen LogP contribution in [0.4, 0.5) is 9.18 Å². The molecule has 0 fully saturated rings. The van der Waals surface area contributed by atoms with Crippen molar-refractivity contribution >= 4 is 34.6 Å². The van der Waals surface area contributed by atoms with Gasteiger partial charge >= 0.3 is 6.03 Å². The third kappa shape index (κ3) is 5.68. The third-order valence-electron chi connectivity index (χ3n) is 6.49. The predicted octanol–water partition coefficient (Wildman–Crippen LogP) is 6.06. The lowest BCUT2D eigenvalue weighted by molar-refractivity contribution is 0.240. The molecule has 37 heavy (non-hydrogen) atoms. The summed E-state index contributed by atoms with van der Waals surface area (Å²) in [5.41, 5.74) is 4.87. The number of rotatable bonds is 7. The van der Waals surface area contributed by atoms with Crippen LogP contribution in [0.3, 0.4) is 0 Å². The summed E-state index contributed by atoms with van der Waals surface area (Å²) < 4.78 is 20.7. The Bertz CT molecular complexity index is 1450. The lowest BCUT2D eigenvalue weighted by atomic mass is 10.0. The second kappa shape index (κ2) is 11.2. The fourth-order valence-electron chi connectivity index (χ4n) is 4.76. The SMILES string of the molecule is CCOc1ccc2c(c1)c1c(n2C(=O)NCc2ccnc(Cl)c2)CCN(CC=Cc2ccc(F)cc2)C1. The van der Waals surface area contributed by atoms with Crippen LogP contribution in [0.1, 0.15) is 29.3 Å². The lowest BCUT2D eigenvalue weighted by Crippen LogP contribution is -2.34. The number of ether oxygens (including phenoxy) is 1. The lowest BCUT2D eigenvalue weighted by Gasteiger charge is -2.27. The number of carbonyl (C=O) groups excluding carboxylic acids is 1. The minimum Gasteiger partial charge on any atom is -0.494 e. The van der Waals surface area contributed by atoms with E-state index in [2.05, 4.69) is 21.3 Å². The predicted molar refractivity (Wildman–Crippen MR) is 144 cm³/mol. The van der Waals surface area contributed by atoms with Crippen LogP contribution in [0.5, 0.6) is 5.75 Å². The van der Waals surface area contributed by atoms with Crippen LogP contribution in [-0.4, -0.2) is 40.2 Å². The zero-order valence-corrected chi connectivity index (χ0v) is 21.3. The Balaban J connectivity index is 1.39. The second-order valence-corrected chi connectivity index (χ2v) is 9.34. The van der Waals surface area contributed by atoms with E-state index in [1.165, 1.54) is 12.1 Å². The number of nitrogens with zero attached hydrogens (tertiary/aromatic N) is 3. The largest absolute Gasteiger partial charge is 0.494 e. The number of aromatic nitrogens is 2. The van der Waals surface area contributed by atoms with Crippen molar-refractivity contribution in [3.05, 3.63) is 100 Å². The van der Waals surface area contributed by atoms with Gasteiger partial charge in [0.2, 0.25) is 0 Å². The Morgan fingerprint density at radius 3 is 2.81 bits per heavy atom. The maximum absolute atomic E-state index is 13.4. The Morgan fingerprint density at radius 2 is 2.03 bits per heavy atom. The Labute approximate surface area is 220 Å². The number of hydrogen-bond donors (Lipinski definition) is 1. The van der Waals surface area contributed by atoms with Gasteiger partial charge in [-0.25, -0.2) is 14.2 Å². The van der Waals surface area contributed by atoms with Crippen LogP contribution in [0.15, 0.2) is 66.9 Å². The number of nitrogens with one attached hydrogen (secondary N) is 1. The average molecular weight is 519 g/mol. The van der Waals surface area contributed by atoms with Crippen LogP contribution in [0.25, 0.3) is 17.0 Å². The van der Waals surface area contributed by atoms with Gasteiger partial charge in [0.1, 0.15) is 16.7 Å². The van der Waals surface area contributed by atoms with E-state index >= 15 is 0 Å². The molecule has 0 unspecified atom stereocenters. The molecule has 0 saturated heterocycles. The number of benzene rings is 2. The van der Waals surface area contributed by atoms with Crippen LogP contribution in [0, 0.1) is 5.82 Å². The normalized spacial score (nSPS) is 13.7. The molecule has 1 aliphatic rings. The van der Waals surface area contributed by atoms with Crippen LogP contribution >= 0.6 is 11.6 Å². The minimum atomic E-state index is -0.239. The van der Waals surface area contributed by atoms with Gasteiger partial charge in [0.25, 0.3) is 0 Å². The fraction of sp³-hybridized carbons (Fsp3) is 0.241. The van der Waals surface area contributed by atoms with Gasteiger partial charge in [0.05, 0.1) is 12.1 Å². The van der Waals surface area contributed by atoms with Gasteiger partial charge in [-0.3, -0.25) is 9.47 Å². The van der Waals surface area contributed by atoms with E-state index in [4.69, 9.17) is 16.3 Å². The maximum Gasteiger partial charge on any atom is 0.326 e. The molecule has 1 amide bonds. The van der Waals surface area contributed by atoms with E-state index in [9.17, 15) is 9.18 Å². The summed E-state index contributed by atoms with van der Waals surface area (Å²) in [6.07, 6.45) is 6.47. The highest BCUT2D eigenvalue weighted by atomic mass is 35.5. The molecule has 8 heteroatoms. The summed E-state index contributed by atoms with van der Waals surface area (Å²) in [5, 5.41) is 4.45. The molecular weight excluding hydrogens is 491 g/mol. The van der Waals surface area contributed by atoms with Crippen molar-refractivity contribution < 1.29 is 13.9 Å². The van der Waals surface area contributed by atoms with E-state index < -0.39 is 0 Å². The summed E-state index contributed by atoms with van der Waals surface area (Å²) in [6.45, 7) is 5.18.